The fraction of sp³-hybridized carbons (Fsp3) is 0.429. The van der Waals surface area contributed by atoms with Gasteiger partial charge in [0.25, 0.3) is 0 Å². The zero-order chi connectivity index (χ0) is 14.1. The van der Waals surface area contributed by atoms with Crippen LogP contribution in [0, 0.1) is 17.4 Å². The molecule has 0 aliphatic carbocycles. The molecule has 0 spiro atoms. The number of ether oxygens (including phenoxy) is 2. The molecule has 0 fully saturated rings. The first-order valence-electron chi connectivity index (χ1n) is 6.16. The lowest BCUT2D eigenvalue weighted by molar-refractivity contribution is 0.0621. The number of hydrogen-bond donors (Lipinski definition) is 2. The molecule has 19 heavy (non-hydrogen) atoms. The maximum atomic E-state index is 11.4. The highest BCUT2D eigenvalue weighted by molar-refractivity contribution is 6.04. The van der Waals surface area contributed by atoms with Crippen LogP contribution in [-0.4, -0.2) is 31.7 Å². The summed E-state index contributed by atoms with van der Waals surface area (Å²) in [6, 6.07) is 9.57. The summed E-state index contributed by atoms with van der Waals surface area (Å²) in [5, 5.41) is 10.0. The second-order valence-electron chi connectivity index (χ2n) is 4.39. The fourth-order valence-electron chi connectivity index (χ4n) is 1.28. The number of carbonyl (C=O) groups excluding carboxylic acids is 1. The van der Waals surface area contributed by atoms with E-state index < -0.39 is 6.09 Å². The Hall–Kier alpha value is -1.88. The summed E-state index contributed by atoms with van der Waals surface area (Å²) in [5.74, 6) is 0.457. The first kappa shape index (κ1) is 15.2. The maximum Gasteiger partial charge on any atom is 0.412 e. The number of amides is 1. The molecule has 0 aliphatic heterocycles. The van der Waals surface area contributed by atoms with E-state index in [2.05, 4.69) is 11.4 Å². The van der Waals surface area contributed by atoms with Gasteiger partial charge in [0.2, 0.25) is 0 Å². The van der Waals surface area contributed by atoms with Crippen LogP contribution in [-0.2, 0) is 9.47 Å². The standard InChI is InChI=1S/C14H19N2O3/c1-11(2)10-18-8-9-19-14(17)16-13(15)12-6-4-3-5-7-12/h4-7,11H,8-10H2,1-2H3,(H2,15,16,17). The molecule has 1 rings (SSSR count). The van der Waals surface area contributed by atoms with Gasteiger partial charge in [-0.1, -0.05) is 38.1 Å². The first-order chi connectivity index (χ1) is 9.09. The molecule has 0 saturated carbocycles. The molecule has 0 unspecified atom stereocenters. The highest BCUT2D eigenvalue weighted by Gasteiger charge is 2.07. The van der Waals surface area contributed by atoms with Crippen molar-refractivity contribution >= 4 is 11.9 Å². The lowest BCUT2D eigenvalue weighted by Crippen LogP contribution is -2.31. The van der Waals surface area contributed by atoms with Crippen molar-refractivity contribution in [3.63, 3.8) is 0 Å². The Labute approximate surface area is 113 Å². The number of nitrogens with one attached hydrogen (secondary N) is 2. The van der Waals surface area contributed by atoms with Crippen LogP contribution in [0.2, 0.25) is 0 Å². The molecule has 0 bridgehead atoms. The van der Waals surface area contributed by atoms with E-state index in [9.17, 15) is 4.79 Å². The van der Waals surface area contributed by atoms with Gasteiger partial charge in [-0.3, -0.25) is 10.7 Å². The molecule has 5 nitrogen and oxygen atoms in total. The van der Waals surface area contributed by atoms with Crippen LogP contribution in [0.25, 0.3) is 0 Å². The second-order valence-corrected chi connectivity index (χ2v) is 4.39. The number of hydrogen-bond acceptors (Lipinski definition) is 4. The van der Waals surface area contributed by atoms with Crippen molar-refractivity contribution in [1.29, 1.82) is 5.41 Å². The van der Waals surface area contributed by atoms with Gasteiger partial charge >= 0.3 is 6.09 Å². The molecular weight excluding hydrogens is 244 g/mol. The Balaban J connectivity index is 2.19. The number of rotatable bonds is 6. The van der Waals surface area contributed by atoms with Crippen LogP contribution in [0.3, 0.4) is 0 Å². The summed E-state index contributed by atoms with van der Waals surface area (Å²) in [6.45, 7) is 5.27. The molecule has 0 atom stereocenters. The molecule has 5 heteroatoms. The summed E-state index contributed by atoms with van der Waals surface area (Å²) in [7, 11) is 0. The largest absolute Gasteiger partial charge is 0.447 e. The smallest absolute Gasteiger partial charge is 0.412 e. The third kappa shape index (κ3) is 6.57. The Morgan fingerprint density at radius 2 is 2.05 bits per heavy atom. The van der Waals surface area contributed by atoms with Crippen molar-refractivity contribution in [3.8, 4) is 0 Å². The molecule has 1 aromatic rings. The average Bonchev–Trinajstić information content (AvgIpc) is 2.39. The van der Waals surface area contributed by atoms with E-state index in [1.165, 1.54) is 0 Å². The van der Waals surface area contributed by atoms with Crippen LogP contribution >= 0.6 is 0 Å². The molecule has 0 heterocycles. The summed E-state index contributed by atoms with van der Waals surface area (Å²) in [6.07, 6.45) is -0.647. The van der Waals surface area contributed by atoms with Crippen molar-refractivity contribution in [2.24, 2.45) is 5.92 Å². The van der Waals surface area contributed by atoms with E-state index in [-0.39, 0.29) is 12.4 Å². The monoisotopic (exact) mass is 263 g/mol. The SMILES string of the molecule is CC(C)COCCOC(=O)NC(=N)c1cc[c]cc1. The molecule has 103 valence electrons. The molecule has 0 aliphatic rings. The van der Waals surface area contributed by atoms with Gasteiger partial charge in [0.1, 0.15) is 12.4 Å². The minimum absolute atomic E-state index is 0.00194. The van der Waals surface area contributed by atoms with Crippen molar-refractivity contribution in [1.82, 2.24) is 5.32 Å². The van der Waals surface area contributed by atoms with Gasteiger partial charge in [0.15, 0.2) is 0 Å². The van der Waals surface area contributed by atoms with Crippen LogP contribution in [0.15, 0.2) is 24.3 Å². The number of benzene rings is 1. The molecule has 1 aromatic carbocycles. The quantitative estimate of drug-likeness (QED) is 0.469. The predicted molar refractivity (Wildman–Crippen MR) is 72.2 cm³/mol. The molecule has 1 radical (unpaired) electrons. The summed E-state index contributed by atoms with van der Waals surface area (Å²) < 4.78 is 10.2. The van der Waals surface area contributed by atoms with E-state index in [0.29, 0.717) is 24.7 Å². The lowest BCUT2D eigenvalue weighted by Gasteiger charge is -2.09. The first-order valence-corrected chi connectivity index (χ1v) is 6.16. The minimum Gasteiger partial charge on any atom is -0.447 e. The zero-order valence-electron chi connectivity index (χ0n) is 11.2. The number of alkyl carbamates (subject to hydrolysis) is 1. The molecule has 0 aromatic heterocycles. The van der Waals surface area contributed by atoms with Gasteiger partial charge in [-0.2, -0.15) is 0 Å². The Morgan fingerprint density at radius 3 is 2.68 bits per heavy atom. The van der Waals surface area contributed by atoms with Crippen LogP contribution < -0.4 is 5.32 Å². The Kier molecular flexibility index (Phi) is 6.60. The zero-order valence-corrected chi connectivity index (χ0v) is 11.2. The van der Waals surface area contributed by atoms with Gasteiger partial charge < -0.3 is 9.47 Å². The Morgan fingerprint density at radius 1 is 1.37 bits per heavy atom. The van der Waals surface area contributed by atoms with Gasteiger partial charge in [0.05, 0.1) is 6.61 Å². The van der Waals surface area contributed by atoms with Gasteiger partial charge in [-0.15, -0.1) is 0 Å². The Bertz CT molecular complexity index is 404. The summed E-state index contributed by atoms with van der Waals surface area (Å²) in [4.78, 5) is 11.4. The normalized spacial score (nSPS) is 10.3. The van der Waals surface area contributed by atoms with Gasteiger partial charge in [-0.25, -0.2) is 4.79 Å². The van der Waals surface area contributed by atoms with Crippen molar-refractivity contribution in [2.75, 3.05) is 19.8 Å². The van der Waals surface area contributed by atoms with Crippen LogP contribution in [0.4, 0.5) is 4.79 Å². The minimum atomic E-state index is -0.647. The fourth-order valence-corrected chi connectivity index (χ4v) is 1.28. The van der Waals surface area contributed by atoms with E-state index in [1.54, 1.807) is 24.3 Å². The maximum absolute atomic E-state index is 11.4. The van der Waals surface area contributed by atoms with E-state index >= 15 is 0 Å². The second kappa shape index (κ2) is 8.26. The molecular formula is C14H19N2O3. The third-order valence-corrected chi connectivity index (χ3v) is 2.15. The van der Waals surface area contributed by atoms with E-state index in [4.69, 9.17) is 14.9 Å². The van der Waals surface area contributed by atoms with Crippen molar-refractivity contribution in [2.45, 2.75) is 13.8 Å². The third-order valence-electron chi connectivity index (χ3n) is 2.15. The molecule has 1 amide bonds. The van der Waals surface area contributed by atoms with Crippen LogP contribution in [0.5, 0.6) is 0 Å². The highest BCUT2D eigenvalue weighted by Crippen LogP contribution is 1.97. The lowest BCUT2D eigenvalue weighted by atomic mass is 10.2. The van der Waals surface area contributed by atoms with Crippen molar-refractivity contribution in [3.05, 3.63) is 35.9 Å². The van der Waals surface area contributed by atoms with Gasteiger partial charge in [-0.05, 0) is 12.0 Å². The number of carbonyl (C=O) groups is 1. The van der Waals surface area contributed by atoms with E-state index in [0.717, 1.165) is 0 Å². The van der Waals surface area contributed by atoms with Crippen molar-refractivity contribution < 1.29 is 14.3 Å². The summed E-state index contributed by atoms with van der Waals surface area (Å²) >= 11 is 0. The number of amidine groups is 1. The highest BCUT2D eigenvalue weighted by atomic mass is 16.6. The van der Waals surface area contributed by atoms with E-state index in [1.807, 2.05) is 13.8 Å². The molecule has 0 saturated heterocycles. The average molecular weight is 263 g/mol. The van der Waals surface area contributed by atoms with Crippen LogP contribution in [0.1, 0.15) is 19.4 Å². The van der Waals surface area contributed by atoms with Gasteiger partial charge in [0, 0.05) is 12.2 Å². The molecule has 2 N–H and O–H groups in total. The predicted octanol–water partition coefficient (Wildman–Crippen LogP) is 2.21. The topological polar surface area (TPSA) is 71.4 Å². The summed E-state index contributed by atoms with van der Waals surface area (Å²) in [5.41, 5.74) is 0.603.